The van der Waals surface area contributed by atoms with E-state index in [1.807, 2.05) is 0 Å². The largest absolute Gasteiger partial charge is 0.385 e. The highest BCUT2D eigenvalue weighted by molar-refractivity contribution is 4.83. The normalized spacial score (nSPS) is 20.4. The number of hydrogen-bond acceptors (Lipinski definition) is 3. The first-order valence-corrected chi connectivity index (χ1v) is 6.10. The Bertz CT molecular complexity index is 156. The van der Waals surface area contributed by atoms with Gasteiger partial charge in [-0.25, -0.2) is 0 Å². The van der Waals surface area contributed by atoms with Crippen molar-refractivity contribution in [3.8, 4) is 0 Å². The lowest BCUT2D eigenvalue weighted by atomic mass is 9.77. The standard InChI is InChI=1S/C12H25NO2/c1-3-7-13-11-12(4-8-14-2)5-9-15-10-6-12/h13H,3-11H2,1-2H3. The van der Waals surface area contributed by atoms with Gasteiger partial charge in [0, 0.05) is 33.5 Å². The van der Waals surface area contributed by atoms with Gasteiger partial charge in [-0.05, 0) is 37.6 Å². The molecule has 1 aliphatic rings. The predicted octanol–water partition coefficient (Wildman–Crippen LogP) is 1.82. The summed E-state index contributed by atoms with van der Waals surface area (Å²) in [6.45, 7) is 7.14. The lowest BCUT2D eigenvalue weighted by Gasteiger charge is -2.37. The highest BCUT2D eigenvalue weighted by atomic mass is 16.5. The molecule has 0 aromatic carbocycles. The Labute approximate surface area is 93.5 Å². The van der Waals surface area contributed by atoms with E-state index in [1.54, 1.807) is 7.11 Å². The minimum absolute atomic E-state index is 0.420. The quantitative estimate of drug-likeness (QED) is 0.657. The van der Waals surface area contributed by atoms with Gasteiger partial charge < -0.3 is 14.8 Å². The summed E-state index contributed by atoms with van der Waals surface area (Å²) in [6.07, 6.45) is 4.71. The maximum absolute atomic E-state index is 5.44. The van der Waals surface area contributed by atoms with Crippen LogP contribution in [0.25, 0.3) is 0 Å². The SMILES string of the molecule is CCCNCC1(CCOC)CCOCC1. The van der Waals surface area contributed by atoms with Crippen LogP contribution in [0.5, 0.6) is 0 Å². The van der Waals surface area contributed by atoms with Crippen molar-refractivity contribution >= 4 is 0 Å². The third-order valence-corrected chi connectivity index (χ3v) is 3.32. The molecule has 0 radical (unpaired) electrons. The molecule has 0 amide bonds. The van der Waals surface area contributed by atoms with Crippen LogP contribution in [0.4, 0.5) is 0 Å². The van der Waals surface area contributed by atoms with Crippen LogP contribution < -0.4 is 5.32 Å². The average molecular weight is 215 g/mol. The minimum atomic E-state index is 0.420. The molecular weight excluding hydrogens is 190 g/mol. The van der Waals surface area contributed by atoms with Gasteiger partial charge >= 0.3 is 0 Å². The molecular formula is C12H25NO2. The molecule has 0 unspecified atom stereocenters. The van der Waals surface area contributed by atoms with Crippen molar-refractivity contribution in [2.75, 3.05) is 40.0 Å². The third kappa shape index (κ3) is 4.49. The van der Waals surface area contributed by atoms with Gasteiger partial charge in [0.2, 0.25) is 0 Å². The van der Waals surface area contributed by atoms with Gasteiger partial charge in [0.05, 0.1) is 0 Å². The van der Waals surface area contributed by atoms with E-state index in [1.165, 1.54) is 19.3 Å². The molecule has 1 N–H and O–H groups in total. The number of nitrogens with one attached hydrogen (secondary N) is 1. The van der Waals surface area contributed by atoms with E-state index >= 15 is 0 Å². The summed E-state index contributed by atoms with van der Waals surface area (Å²) in [5.41, 5.74) is 0.420. The molecule has 3 nitrogen and oxygen atoms in total. The zero-order chi connectivity index (χ0) is 11.0. The van der Waals surface area contributed by atoms with Crippen LogP contribution >= 0.6 is 0 Å². The summed E-state index contributed by atoms with van der Waals surface area (Å²) in [5.74, 6) is 0. The molecule has 0 aromatic rings. The van der Waals surface area contributed by atoms with Crippen molar-refractivity contribution in [1.29, 1.82) is 0 Å². The van der Waals surface area contributed by atoms with Gasteiger partial charge in [-0.2, -0.15) is 0 Å². The summed E-state index contributed by atoms with van der Waals surface area (Å²) < 4.78 is 10.6. The molecule has 1 heterocycles. The van der Waals surface area contributed by atoms with Crippen molar-refractivity contribution in [3.63, 3.8) is 0 Å². The van der Waals surface area contributed by atoms with Crippen molar-refractivity contribution in [1.82, 2.24) is 5.32 Å². The second kappa shape index (κ2) is 7.20. The van der Waals surface area contributed by atoms with Crippen LogP contribution in [-0.4, -0.2) is 40.0 Å². The Kier molecular flexibility index (Phi) is 6.22. The topological polar surface area (TPSA) is 30.5 Å². The third-order valence-electron chi connectivity index (χ3n) is 3.32. The van der Waals surface area contributed by atoms with Crippen molar-refractivity contribution in [2.45, 2.75) is 32.6 Å². The van der Waals surface area contributed by atoms with Gasteiger partial charge in [-0.15, -0.1) is 0 Å². The molecule has 15 heavy (non-hydrogen) atoms. The number of hydrogen-bond donors (Lipinski definition) is 1. The van der Waals surface area contributed by atoms with Crippen LogP contribution in [0.3, 0.4) is 0 Å². The van der Waals surface area contributed by atoms with Crippen LogP contribution in [0.15, 0.2) is 0 Å². The van der Waals surface area contributed by atoms with E-state index < -0.39 is 0 Å². The Balaban J connectivity index is 2.35. The smallest absolute Gasteiger partial charge is 0.0471 e. The fourth-order valence-corrected chi connectivity index (χ4v) is 2.17. The molecule has 1 saturated heterocycles. The highest BCUT2D eigenvalue weighted by Crippen LogP contribution is 2.33. The fraction of sp³-hybridized carbons (Fsp3) is 1.00. The summed E-state index contributed by atoms with van der Waals surface area (Å²) in [7, 11) is 1.78. The van der Waals surface area contributed by atoms with E-state index in [2.05, 4.69) is 12.2 Å². The first-order valence-electron chi connectivity index (χ1n) is 6.10. The molecule has 0 spiro atoms. The molecule has 0 aromatic heterocycles. The lowest BCUT2D eigenvalue weighted by Crippen LogP contribution is -2.40. The molecule has 0 aliphatic carbocycles. The molecule has 0 atom stereocenters. The monoisotopic (exact) mass is 215 g/mol. The minimum Gasteiger partial charge on any atom is -0.385 e. The van der Waals surface area contributed by atoms with Gasteiger partial charge in [-0.3, -0.25) is 0 Å². The Morgan fingerprint density at radius 3 is 2.67 bits per heavy atom. The number of methoxy groups -OCH3 is 1. The zero-order valence-corrected chi connectivity index (χ0v) is 10.2. The van der Waals surface area contributed by atoms with E-state index in [0.29, 0.717) is 5.41 Å². The van der Waals surface area contributed by atoms with E-state index in [0.717, 1.165) is 39.3 Å². The second-order valence-corrected chi connectivity index (χ2v) is 4.53. The van der Waals surface area contributed by atoms with Crippen LogP contribution in [0.2, 0.25) is 0 Å². The summed E-state index contributed by atoms with van der Waals surface area (Å²) >= 11 is 0. The Hall–Kier alpha value is -0.120. The number of ether oxygens (including phenoxy) is 2. The average Bonchev–Trinajstić information content (AvgIpc) is 2.28. The maximum Gasteiger partial charge on any atom is 0.0471 e. The molecule has 1 fully saturated rings. The van der Waals surface area contributed by atoms with Gasteiger partial charge in [-0.1, -0.05) is 6.92 Å². The molecule has 1 rings (SSSR count). The molecule has 1 aliphatic heterocycles. The predicted molar refractivity (Wildman–Crippen MR) is 62.1 cm³/mol. The van der Waals surface area contributed by atoms with E-state index in [4.69, 9.17) is 9.47 Å². The first-order chi connectivity index (χ1) is 7.33. The second-order valence-electron chi connectivity index (χ2n) is 4.53. The summed E-state index contributed by atoms with van der Waals surface area (Å²) in [4.78, 5) is 0. The van der Waals surface area contributed by atoms with Gasteiger partial charge in [0.25, 0.3) is 0 Å². The van der Waals surface area contributed by atoms with Crippen LogP contribution in [0.1, 0.15) is 32.6 Å². The first kappa shape index (κ1) is 12.9. The van der Waals surface area contributed by atoms with Crippen molar-refractivity contribution in [3.05, 3.63) is 0 Å². The van der Waals surface area contributed by atoms with Gasteiger partial charge in [0.1, 0.15) is 0 Å². The number of rotatable bonds is 7. The van der Waals surface area contributed by atoms with E-state index in [-0.39, 0.29) is 0 Å². The van der Waals surface area contributed by atoms with Crippen LogP contribution in [0, 0.1) is 5.41 Å². The van der Waals surface area contributed by atoms with E-state index in [9.17, 15) is 0 Å². The lowest BCUT2D eigenvalue weighted by molar-refractivity contribution is -0.00123. The molecule has 0 bridgehead atoms. The molecule has 3 heteroatoms. The molecule has 0 saturated carbocycles. The van der Waals surface area contributed by atoms with Crippen LogP contribution in [-0.2, 0) is 9.47 Å². The Morgan fingerprint density at radius 2 is 2.07 bits per heavy atom. The Morgan fingerprint density at radius 1 is 1.33 bits per heavy atom. The molecule has 90 valence electrons. The van der Waals surface area contributed by atoms with Crippen molar-refractivity contribution in [2.24, 2.45) is 5.41 Å². The van der Waals surface area contributed by atoms with Gasteiger partial charge in [0.15, 0.2) is 0 Å². The maximum atomic E-state index is 5.44. The highest BCUT2D eigenvalue weighted by Gasteiger charge is 2.31. The zero-order valence-electron chi connectivity index (χ0n) is 10.2. The van der Waals surface area contributed by atoms with Crippen molar-refractivity contribution < 1.29 is 9.47 Å². The summed E-state index contributed by atoms with van der Waals surface area (Å²) in [6, 6.07) is 0. The fourth-order valence-electron chi connectivity index (χ4n) is 2.17. The summed E-state index contributed by atoms with van der Waals surface area (Å²) in [5, 5.41) is 3.54.